The first-order valence-corrected chi connectivity index (χ1v) is 9.59. The van der Waals surface area contributed by atoms with Gasteiger partial charge < -0.3 is 5.32 Å². The Bertz CT molecular complexity index is 757. The molecule has 3 amide bonds. The highest BCUT2D eigenvalue weighted by Gasteiger charge is 2.44. The number of benzene rings is 1. The second-order valence-corrected chi connectivity index (χ2v) is 7.55. The van der Waals surface area contributed by atoms with Gasteiger partial charge in [-0.1, -0.05) is 55.9 Å². The van der Waals surface area contributed by atoms with Gasteiger partial charge in [0.05, 0.1) is 12.1 Å². The molecule has 3 atom stereocenters. The van der Waals surface area contributed by atoms with Gasteiger partial charge in [0.25, 0.3) is 0 Å². The van der Waals surface area contributed by atoms with Crippen molar-refractivity contribution in [2.24, 2.45) is 0 Å². The highest BCUT2D eigenvalue weighted by Crippen LogP contribution is 2.32. The minimum Gasteiger partial charge on any atom is -0.331 e. The molecule has 7 heteroatoms. The van der Waals surface area contributed by atoms with Crippen molar-refractivity contribution in [3.8, 4) is 0 Å². The van der Waals surface area contributed by atoms with Crippen molar-refractivity contribution >= 4 is 23.7 Å². The maximum atomic E-state index is 12.7. The molecular weight excluding hydrogens is 348 g/mol. The summed E-state index contributed by atoms with van der Waals surface area (Å²) in [7, 11) is 0. The third kappa shape index (κ3) is 4.04. The van der Waals surface area contributed by atoms with Crippen molar-refractivity contribution in [1.82, 2.24) is 20.2 Å². The average Bonchev–Trinajstić information content (AvgIpc) is 2.65. The SMILES string of the molecule is CC[C@@H](NC(=O)N1C(=O)C[C@@H]1[C@@H](C)Sc1ncccn1)c1ccccc1. The molecule has 6 nitrogen and oxygen atoms in total. The van der Waals surface area contributed by atoms with Gasteiger partial charge in [-0.2, -0.15) is 0 Å². The van der Waals surface area contributed by atoms with Crippen LogP contribution >= 0.6 is 11.8 Å². The van der Waals surface area contributed by atoms with E-state index in [1.165, 1.54) is 16.7 Å². The third-order valence-electron chi connectivity index (χ3n) is 4.49. The number of hydrogen-bond acceptors (Lipinski definition) is 5. The van der Waals surface area contributed by atoms with Gasteiger partial charge in [-0.05, 0) is 18.1 Å². The van der Waals surface area contributed by atoms with Crippen molar-refractivity contribution in [3.05, 3.63) is 54.4 Å². The number of rotatable bonds is 6. The van der Waals surface area contributed by atoms with Crippen molar-refractivity contribution in [1.29, 1.82) is 0 Å². The van der Waals surface area contributed by atoms with Crippen LogP contribution in [0.15, 0.2) is 53.9 Å². The Morgan fingerprint density at radius 3 is 2.58 bits per heavy atom. The summed E-state index contributed by atoms with van der Waals surface area (Å²) in [6.45, 7) is 4.01. The first-order valence-electron chi connectivity index (χ1n) is 8.71. The molecule has 1 aliphatic rings. The number of urea groups is 1. The first kappa shape index (κ1) is 18.4. The maximum absolute atomic E-state index is 12.7. The van der Waals surface area contributed by atoms with Crippen LogP contribution in [0.2, 0.25) is 0 Å². The van der Waals surface area contributed by atoms with Gasteiger partial charge in [0.2, 0.25) is 5.91 Å². The molecule has 2 aromatic rings. The fraction of sp³-hybridized carbons (Fsp3) is 0.368. The zero-order valence-corrected chi connectivity index (χ0v) is 15.6. The monoisotopic (exact) mass is 370 g/mol. The Hall–Kier alpha value is -2.41. The minimum absolute atomic E-state index is 0.0256. The van der Waals surface area contributed by atoms with E-state index < -0.39 is 0 Å². The molecule has 0 saturated carbocycles. The lowest BCUT2D eigenvalue weighted by Crippen LogP contribution is -2.62. The van der Waals surface area contributed by atoms with Crippen LogP contribution in [-0.2, 0) is 4.79 Å². The van der Waals surface area contributed by atoms with Crippen LogP contribution in [0.1, 0.15) is 38.3 Å². The number of carbonyl (C=O) groups is 2. The van der Waals surface area contributed by atoms with Crippen LogP contribution in [0.4, 0.5) is 4.79 Å². The topological polar surface area (TPSA) is 75.2 Å². The van der Waals surface area contributed by atoms with Gasteiger partial charge in [-0.15, -0.1) is 0 Å². The normalized spacial score (nSPS) is 18.8. The summed E-state index contributed by atoms with van der Waals surface area (Å²) in [5, 5.41) is 3.66. The fourth-order valence-corrected chi connectivity index (χ4v) is 3.95. The first-order chi connectivity index (χ1) is 12.6. The third-order valence-corrected chi connectivity index (χ3v) is 5.59. The average molecular weight is 370 g/mol. The van der Waals surface area contributed by atoms with Gasteiger partial charge in [0.15, 0.2) is 5.16 Å². The number of nitrogens with zero attached hydrogens (tertiary/aromatic N) is 3. The predicted octanol–water partition coefficient (Wildman–Crippen LogP) is 3.42. The number of aromatic nitrogens is 2. The van der Waals surface area contributed by atoms with Gasteiger partial charge >= 0.3 is 6.03 Å². The second-order valence-electron chi connectivity index (χ2n) is 6.21. The van der Waals surface area contributed by atoms with Crippen LogP contribution < -0.4 is 5.32 Å². The standard InChI is InChI=1S/C19H22N4O2S/c1-3-15(14-8-5-4-6-9-14)22-19(25)23-16(12-17(23)24)13(2)26-18-20-10-7-11-21-18/h4-11,13,15-16H,3,12H2,1-2H3,(H,22,25)/t13-,15-,16-/m1/s1. The van der Waals surface area contributed by atoms with Crippen LogP contribution in [0.3, 0.4) is 0 Å². The summed E-state index contributed by atoms with van der Waals surface area (Å²) in [5.41, 5.74) is 1.04. The number of hydrogen-bond donors (Lipinski definition) is 1. The zero-order chi connectivity index (χ0) is 18.5. The molecule has 0 unspecified atom stereocenters. The Balaban J connectivity index is 1.64. The Labute approximate surface area is 157 Å². The Morgan fingerprint density at radius 2 is 1.96 bits per heavy atom. The number of likely N-dealkylation sites (tertiary alicyclic amines) is 1. The lowest BCUT2D eigenvalue weighted by atomic mass is 9.99. The van der Waals surface area contributed by atoms with E-state index >= 15 is 0 Å². The number of imide groups is 1. The minimum atomic E-state index is -0.330. The van der Waals surface area contributed by atoms with Crippen LogP contribution in [0.5, 0.6) is 0 Å². The highest BCUT2D eigenvalue weighted by atomic mass is 32.2. The van der Waals surface area contributed by atoms with Crippen molar-refractivity contribution < 1.29 is 9.59 Å². The maximum Gasteiger partial charge on any atom is 0.324 e. The predicted molar refractivity (Wildman–Crippen MR) is 101 cm³/mol. The molecule has 136 valence electrons. The molecule has 0 spiro atoms. The molecule has 1 N–H and O–H groups in total. The van der Waals surface area contributed by atoms with E-state index in [1.807, 2.05) is 44.2 Å². The Morgan fingerprint density at radius 1 is 1.27 bits per heavy atom. The molecule has 2 heterocycles. The summed E-state index contributed by atoms with van der Waals surface area (Å²) in [4.78, 5) is 34.5. The molecule has 1 aliphatic heterocycles. The van der Waals surface area contributed by atoms with Crippen molar-refractivity contribution in [2.75, 3.05) is 0 Å². The van der Waals surface area contributed by atoms with Gasteiger partial charge in [0.1, 0.15) is 0 Å². The molecule has 1 aromatic carbocycles. The van der Waals surface area contributed by atoms with Crippen molar-refractivity contribution in [3.63, 3.8) is 0 Å². The van der Waals surface area contributed by atoms with Gasteiger partial charge in [-0.25, -0.2) is 14.8 Å². The summed E-state index contributed by atoms with van der Waals surface area (Å²) in [5.74, 6) is -0.142. The molecule has 1 saturated heterocycles. The second kappa shape index (κ2) is 8.31. The van der Waals surface area contributed by atoms with E-state index in [-0.39, 0.29) is 29.3 Å². The number of nitrogens with one attached hydrogen (secondary N) is 1. The van der Waals surface area contributed by atoms with E-state index in [1.54, 1.807) is 18.5 Å². The summed E-state index contributed by atoms with van der Waals surface area (Å²) in [6, 6.07) is 11.0. The summed E-state index contributed by atoms with van der Waals surface area (Å²) in [6.07, 6.45) is 4.50. The summed E-state index contributed by atoms with van der Waals surface area (Å²) < 4.78 is 0. The molecule has 3 rings (SSSR count). The van der Waals surface area contributed by atoms with E-state index in [9.17, 15) is 9.59 Å². The van der Waals surface area contributed by atoms with Crippen LogP contribution in [0.25, 0.3) is 0 Å². The van der Waals surface area contributed by atoms with E-state index in [0.717, 1.165) is 12.0 Å². The molecule has 1 fully saturated rings. The lowest BCUT2D eigenvalue weighted by molar-refractivity contribution is -0.140. The summed E-state index contributed by atoms with van der Waals surface area (Å²) >= 11 is 1.48. The van der Waals surface area contributed by atoms with E-state index in [0.29, 0.717) is 11.6 Å². The number of thioether (sulfide) groups is 1. The zero-order valence-electron chi connectivity index (χ0n) is 14.8. The van der Waals surface area contributed by atoms with E-state index in [2.05, 4.69) is 15.3 Å². The van der Waals surface area contributed by atoms with Gasteiger partial charge in [0, 0.05) is 24.1 Å². The number of carbonyl (C=O) groups excluding carboxylic acids is 2. The largest absolute Gasteiger partial charge is 0.331 e. The smallest absolute Gasteiger partial charge is 0.324 e. The van der Waals surface area contributed by atoms with Crippen LogP contribution in [0, 0.1) is 0 Å². The van der Waals surface area contributed by atoms with E-state index in [4.69, 9.17) is 0 Å². The molecule has 26 heavy (non-hydrogen) atoms. The fourth-order valence-electron chi connectivity index (χ4n) is 3.00. The number of amides is 3. The molecule has 0 aliphatic carbocycles. The van der Waals surface area contributed by atoms with Crippen molar-refractivity contribution in [2.45, 2.75) is 49.2 Å². The highest BCUT2D eigenvalue weighted by molar-refractivity contribution is 7.99. The molecule has 0 bridgehead atoms. The van der Waals surface area contributed by atoms with Crippen LogP contribution in [-0.4, -0.2) is 38.1 Å². The molecule has 0 radical (unpaired) electrons. The Kier molecular flexibility index (Phi) is 5.88. The number of β-lactam (4-membered cyclic amide) rings is 1. The quantitative estimate of drug-likeness (QED) is 0.479. The lowest BCUT2D eigenvalue weighted by Gasteiger charge is -2.42. The molecular formula is C19H22N4O2S. The molecule has 1 aromatic heterocycles. The van der Waals surface area contributed by atoms with Gasteiger partial charge in [-0.3, -0.25) is 9.69 Å².